The van der Waals surface area contributed by atoms with Crippen LogP contribution < -0.4 is 11.1 Å². The number of carbonyl (C=O) groups is 2. The number of hydrogen-bond donors (Lipinski definition) is 3. The van der Waals surface area contributed by atoms with Crippen molar-refractivity contribution >= 4 is 24.6 Å². The molecule has 2 amide bonds. The zero-order valence-corrected chi connectivity index (χ0v) is 11.4. The monoisotopic (exact) mass is 282 g/mol. The van der Waals surface area contributed by atoms with Gasteiger partial charge in [0.05, 0.1) is 0 Å². The molecule has 104 valence electrons. The van der Waals surface area contributed by atoms with E-state index in [4.69, 9.17) is 10.5 Å². The van der Waals surface area contributed by atoms with Crippen molar-refractivity contribution in [3.05, 3.63) is 35.9 Å². The average Bonchev–Trinajstić information content (AvgIpc) is 2.37. The third-order valence-electron chi connectivity index (χ3n) is 2.46. The first-order chi connectivity index (χ1) is 9.11. The van der Waals surface area contributed by atoms with Gasteiger partial charge >= 0.3 is 6.09 Å². The van der Waals surface area contributed by atoms with Gasteiger partial charge in [-0.05, 0) is 17.7 Å². The molecule has 1 rings (SSSR count). The maximum atomic E-state index is 11.6. The summed E-state index contributed by atoms with van der Waals surface area (Å²) in [6.07, 6.45) is 0.0879. The number of nitrogens with one attached hydrogen (secondary N) is 1. The summed E-state index contributed by atoms with van der Waals surface area (Å²) in [6, 6.07) is 9.02. The second-order valence-electron chi connectivity index (χ2n) is 4.09. The Morgan fingerprint density at radius 3 is 2.58 bits per heavy atom. The molecular formula is C13H18N2O3S. The van der Waals surface area contributed by atoms with Crippen LogP contribution in [0.5, 0.6) is 0 Å². The van der Waals surface area contributed by atoms with Gasteiger partial charge in [-0.25, -0.2) is 4.79 Å². The zero-order valence-electron chi connectivity index (χ0n) is 10.5. The largest absolute Gasteiger partial charge is 0.445 e. The van der Waals surface area contributed by atoms with E-state index in [1.54, 1.807) is 0 Å². The van der Waals surface area contributed by atoms with Crippen molar-refractivity contribution in [2.75, 3.05) is 5.75 Å². The van der Waals surface area contributed by atoms with Crippen molar-refractivity contribution in [2.24, 2.45) is 5.73 Å². The molecule has 0 heterocycles. The van der Waals surface area contributed by atoms with Crippen molar-refractivity contribution in [2.45, 2.75) is 25.5 Å². The standard InChI is InChI=1S/C13H18N2O3S/c14-12(16)8-11(6-7-19)15-13(17)18-9-10-4-2-1-3-5-10/h1-5,11,19H,6-9H2,(H2,14,16)(H,15,17). The Hall–Kier alpha value is -1.69. The van der Waals surface area contributed by atoms with E-state index in [9.17, 15) is 9.59 Å². The molecule has 19 heavy (non-hydrogen) atoms. The summed E-state index contributed by atoms with van der Waals surface area (Å²) >= 11 is 4.07. The molecule has 0 aliphatic heterocycles. The fraction of sp³-hybridized carbons (Fsp3) is 0.385. The van der Waals surface area contributed by atoms with Crippen LogP contribution >= 0.6 is 12.6 Å². The second-order valence-corrected chi connectivity index (χ2v) is 4.53. The highest BCUT2D eigenvalue weighted by Crippen LogP contribution is 2.03. The van der Waals surface area contributed by atoms with Crippen molar-refractivity contribution in [1.82, 2.24) is 5.32 Å². The van der Waals surface area contributed by atoms with Crippen molar-refractivity contribution in [1.29, 1.82) is 0 Å². The van der Waals surface area contributed by atoms with Gasteiger partial charge in [-0.3, -0.25) is 4.79 Å². The fourth-order valence-electron chi connectivity index (χ4n) is 1.56. The number of rotatable bonds is 7. The summed E-state index contributed by atoms with van der Waals surface area (Å²) in [5.74, 6) is 0.0897. The summed E-state index contributed by atoms with van der Waals surface area (Å²) in [4.78, 5) is 22.4. The number of primary amides is 1. The minimum absolute atomic E-state index is 0.0843. The quantitative estimate of drug-likeness (QED) is 0.662. The van der Waals surface area contributed by atoms with Crippen molar-refractivity contribution in [3.63, 3.8) is 0 Å². The van der Waals surface area contributed by atoms with E-state index in [2.05, 4.69) is 17.9 Å². The first-order valence-corrected chi connectivity index (χ1v) is 6.61. The molecule has 0 fully saturated rings. The Morgan fingerprint density at radius 1 is 1.32 bits per heavy atom. The summed E-state index contributed by atoms with van der Waals surface area (Å²) in [6.45, 7) is 0.191. The molecule has 1 aromatic rings. The van der Waals surface area contributed by atoms with Gasteiger partial charge in [0, 0.05) is 12.5 Å². The third kappa shape index (κ3) is 6.71. The number of ether oxygens (including phenoxy) is 1. The molecule has 0 bridgehead atoms. The minimum Gasteiger partial charge on any atom is -0.445 e. The van der Waals surface area contributed by atoms with Crippen LogP contribution in [0.4, 0.5) is 4.79 Å². The molecule has 1 atom stereocenters. The van der Waals surface area contributed by atoms with Crippen molar-refractivity contribution < 1.29 is 14.3 Å². The van der Waals surface area contributed by atoms with Gasteiger partial charge in [0.15, 0.2) is 0 Å². The molecule has 0 spiro atoms. The van der Waals surface area contributed by atoms with E-state index >= 15 is 0 Å². The van der Waals surface area contributed by atoms with Crippen LogP contribution in [0.2, 0.25) is 0 Å². The van der Waals surface area contributed by atoms with Crippen LogP contribution in [0.25, 0.3) is 0 Å². The second kappa shape index (κ2) is 8.42. The lowest BCUT2D eigenvalue weighted by molar-refractivity contribution is -0.118. The molecule has 0 aliphatic carbocycles. The summed E-state index contributed by atoms with van der Waals surface area (Å²) in [7, 11) is 0. The van der Waals surface area contributed by atoms with Gasteiger partial charge in [-0.1, -0.05) is 30.3 Å². The van der Waals surface area contributed by atoms with Gasteiger partial charge in [0.2, 0.25) is 5.91 Å². The van der Waals surface area contributed by atoms with Crippen LogP contribution in [0.1, 0.15) is 18.4 Å². The lowest BCUT2D eigenvalue weighted by atomic mass is 10.1. The van der Waals surface area contributed by atoms with E-state index in [-0.39, 0.29) is 19.1 Å². The SMILES string of the molecule is NC(=O)CC(CCS)NC(=O)OCc1ccccc1. The van der Waals surface area contributed by atoms with Gasteiger partial charge < -0.3 is 15.8 Å². The summed E-state index contributed by atoms with van der Waals surface area (Å²) in [5, 5.41) is 2.61. The highest BCUT2D eigenvalue weighted by Gasteiger charge is 2.14. The number of benzene rings is 1. The Morgan fingerprint density at radius 2 is 2.00 bits per heavy atom. The maximum Gasteiger partial charge on any atom is 0.407 e. The van der Waals surface area contributed by atoms with E-state index in [0.717, 1.165) is 5.56 Å². The molecule has 0 radical (unpaired) electrons. The molecular weight excluding hydrogens is 264 g/mol. The van der Waals surface area contributed by atoms with E-state index in [0.29, 0.717) is 12.2 Å². The zero-order chi connectivity index (χ0) is 14.1. The third-order valence-corrected chi connectivity index (χ3v) is 2.72. The molecule has 0 saturated carbocycles. The Labute approximate surface area is 117 Å². The number of alkyl carbamates (subject to hydrolysis) is 1. The van der Waals surface area contributed by atoms with Crippen LogP contribution in [0.15, 0.2) is 30.3 Å². The van der Waals surface area contributed by atoms with E-state index < -0.39 is 12.0 Å². The predicted molar refractivity (Wildman–Crippen MR) is 75.8 cm³/mol. The maximum absolute atomic E-state index is 11.6. The molecule has 1 unspecified atom stereocenters. The van der Waals surface area contributed by atoms with Gasteiger partial charge in [-0.15, -0.1) is 0 Å². The van der Waals surface area contributed by atoms with Gasteiger partial charge in [0.25, 0.3) is 0 Å². The van der Waals surface area contributed by atoms with E-state index in [1.165, 1.54) is 0 Å². The van der Waals surface area contributed by atoms with Gasteiger partial charge in [-0.2, -0.15) is 12.6 Å². The molecule has 0 aromatic heterocycles. The summed E-state index contributed by atoms with van der Waals surface area (Å²) in [5.41, 5.74) is 6.01. The van der Waals surface area contributed by atoms with Gasteiger partial charge in [0.1, 0.15) is 6.61 Å². The highest BCUT2D eigenvalue weighted by atomic mass is 32.1. The van der Waals surface area contributed by atoms with Crippen molar-refractivity contribution in [3.8, 4) is 0 Å². The molecule has 6 heteroatoms. The van der Waals surface area contributed by atoms with Crippen LogP contribution in [0, 0.1) is 0 Å². The molecule has 5 nitrogen and oxygen atoms in total. The van der Waals surface area contributed by atoms with Crippen LogP contribution in [0.3, 0.4) is 0 Å². The van der Waals surface area contributed by atoms with Crippen LogP contribution in [-0.4, -0.2) is 23.8 Å². The lowest BCUT2D eigenvalue weighted by Gasteiger charge is -2.16. The first kappa shape index (κ1) is 15.4. The molecule has 0 saturated heterocycles. The Kier molecular flexibility index (Phi) is 6.81. The number of amides is 2. The summed E-state index contributed by atoms with van der Waals surface area (Å²) < 4.78 is 5.06. The smallest absolute Gasteiger partial charge is 0.407 e. The topological polar surface area (TPSA) is 81.4 Å². The predicted octanol–water partition coefficient (Wildman–Crippen LogP) is 1.48. The number of nitrogens with two attached hydrogens (primary N) is 1. The number of hydrogen-bond acceptors (Lipinski definition) is 4. The Bertz CT molecular complexity index is 412. The molecule has 1 aromatic carbocycles. The molecule has 0 aliphatic rings. The normalized spacial score (nSPS) is 11.6. The lowest BCUT2D eigenvalue weighted by Crippen LogP contribution is -2.38. The number of carbonyl (C=O) groups excluding carboxylic acids is 2. The highest BCUT2D eigenvalue weighted by molar-refractivity contribution is 7.80. The average molecular weight is 282 g/mol. The van der Waals surface area contributed by atoms with Crippen LogP contribution in [-0.2, 0) is 16.1 Å². The molecule has 3 N–H and O–H groups in total. The Balaban J connectivity index is 2.37. The fourth-order valence-corrected chi connectivity index (χ4v) is 1.87. The van der Waals surface area contributed by atoms with E-state index in [1.807, 2.05) is 30.3 Å². The number of thiol groups is 1. The minimum atomic E-state index is -0.558. The first-order valence-electron chi connectivity index (χ1n) is 5.98.